The molecule has 1 aliphatic heterocycles. The Bertz CT molecular complexity index is 528. The van der Waals surface area contributed by atoms with Crippen LogP contribution in [0.2, 0.25) is 0 Å². The molecule has 0 radical (unpaired) electrons. The minimum atomic E-state index is -0.979. The Morgan fingerprint density at radius 3 is 2.80 bits per heavy atom. The minimum absolute atomic E-state index is 0.173. The summed E-state index contributed by atoms with van der Waals surface area (Å²) in [5.41, 5.74) is 1.92. The van der Waals surface area contributed by atoms with Crippen molar-refractivity contribution in [2.24, 2.45) is 0 Å². The predicted molar refractivity (Wildman–Crippen MR) is 76.4 cm³/mol. The van der Waals surface area contributed by atoms with Gasteiger partial charge in [0.25, 0.3) is 0 Å². The van der Waals surface area contributed by atoms with Crippen LogP contribution in [0.5, 0.6) is 0 Å². The summed E-state index contributed by atoms with van der Waals surface area (Å²) >= 11 is 0. The second kappa shape index (κ2) is 5.92. The van der Waals surface area contributed by atoms with Crippen LogP contribution < -0.4 is 10.2 Å². The number of anilines is 1. The minimum Gasteiger partial charge on any atom is -0.478 e. The zero-order chi connectivity index (χ0) is 14.7. The van der Waals surface area contributed by atoms with E-state index in [2.05, 4.69) is 5.32 Å². The van der Waals surface area contributed by atoms with Crippen LogP contribution >= 0.6 is 0 Å². The number of urea groups is 1. The Morgan fingerprint density at radius 1 is 1.40 bits per heavy atom. The molecular weight excluding hydrogens is 258 g/mol. The van der Waals surface area contributed by atoms with Crippen molar-refractivity contribution in [3.63, 3.8) is 0 Å². The van der Waals surface area contributed by atoms with Gasteiger partial charge in [0.05, 0.1) is 5.56 Å². The van der Waals surface area contributed by atoms with E-state index < -0.39 is 5.97 Å². The number of likely N-dealkylation sites (N-methyl/N-ethyl adjacent to an activating group) is 1. The molecule has 0 saturated carbocycles. The van der Waals surface area contributed by atoms with Gasteiger partial charge in [-0.2, -0.15) is 0 Å². The molecule has 108 valence electrons. The lowest BCUT2D eigenvalue weighted by atomic mass is 10.1. The fourth-order valence-corrected chi connectivity index (χ4v) is 2.21. The highest BCUT2D eigenvalue weighted by atomic mass is 16.4. The third-order valence-corrected chi connectivity index (χ3v) is 3.31. The average molecular weight is 277 g/mol. The van der Waals surface area contributed by atoms with E-state index in [1.807, 2.05) is 19.0 Å². The molecule has 0 spiro atoms. The molecule has 0 aliphatic carbocycles. The number of rotatable bonds is 4. The molecule has 2 amide bonds. The van der Waals surface area contributed by atoms with E-state index in [0.717, 1.165) is 18.5 Å². The number of aromatic carboxylic acids is 1. The third kappa shape index (κ3) is 3.08. The SMILES string of the molecule is CN(C)CCNC(=O)N1CCc2ccc(C(=O)O)cc21. The number of carbonyl (C=O) groups excluding carboxylic acids is 1. The standard InChI is InChI=1S/C14H19N3O3/c1-16(2)8-6-15-14(20)17-7-5-10-3-4-11(13(18)19)9-12(10)17/h3-4,9H,5-8H2,1-2H3,(H,15,20)(H,18,19). The molecule has 6 nitrogen and oxygen atoms in total. The first-order chi connectivity index (χ1) is 9.49. The van der Waals surface area contributed by atoms with E-state index >= 15 is 0 Å². The maximum absolute atomic E-state index is 12.1. The number of benzene rings is 1. The number of hydrogen-bond acceptors (Lipinski definition) is 3. The van der Waals surface area contributed by atoms with Crippen molar-refractivity contribution in [3.05, 3.63) is 29.3 Å². The summed E-state index contributed by atoms with van der Waals surface area (Å²) in [7, 11) is 3.88. The molecular formula is C14H19N3O3. The van der Waals surface area contributed by atoms with Crippen LogP contribution in [0.15, 0.2) is 18.2 Å². The Kier molecular flexibility index (Phi) is 4.24. The van der Waals surface area contributed by atoms with Crippen LogP contribution in [0.3, 0.4) is 0 Å². The number of nitrogens with zero attached hydrogens (tertiary/aromatic N) is 2. The van der Waals surface area contributed by atoms with E-state index in [1.165, 1.54) is 0 Å². The smallest absolute Gasteiger partial charge is 0.335 e. The highest BCUT2D eigenvalue weighted by Crippen LogP contribution is 2.29. The molecule has 0 unspecified atom stereocenters. The average Bonchev–Trinajstić information content (AvgIpc) is 2.80. The maximum atomic E-state index is 12.1. The van der Waals surface area contributed by atoms with Crippen LogP contribution in [-0.4, -0.2) is 55.7 Å². The first-order valence-corrected chi connectivity index (χ1v) is 6.55. The molecule has 2 rings (SSSR count). The molecule has 0 fully saturated rings. The van der Waals surface area contributed by atoms with Gasteiger partial charge in [-0.3, -0.25) is 4.90 Å². The van der Waals surface area contributed by atoms with Gasteiger partial charge in [0.15, 0.2) is 0 Å². The number of fused-ring (bicyclic) bond motifs is 1. The summed E-state index contributed by atoms with van der Waals surface area (Å²) < 4.78 is 0. The van der Waals surface area contributed by atoms with Gasteiger partial charge in [-0.25, -0.2) is 9.59 Å². The largest absolute Gasteiger partial charge is 0.478 e. The Labute approximate surface area is 118 Å². The van der Waals surface area contributed by atoms with Crippen molar-refractivity contribution in [3.8, 4) is 0 Å². The highest BCUT2D eigenvalue weighted by Gasteiger charge is 2.25. The summed E-state index contributed by atoms with van der Waals surface area (Å²) in [5, 5.41) is 11.9. The maximum Gasteiger partial charge on any atom is 0.335 e. The van der Waals surface area contributed by atoms with Gasteiger partial charge in [-0.15, -0.1) is 0 Å². The zero-order valence-electron chi connectivity index (χ0n) is 11.7. The molecule has 0 aromatic heterocycles. The van der Waals surface area contributed by atoms with E-state index in [1.54, 1.807) is 23.1 Å². The van der Waals surface area contributed by atoms with Gasteiger partial charge < -0.3 is 15.3 Å². The van der Waals surface area contributed by atoms with Crippen molar-refractivity contribution >= 4 is 17.7 Å². The molecule has 1 aromatic carbocycles. The van der Waals surface area contributed by atoms with Crippen LogP contribution in [-0.2, 0) is 6.42 Å². The molecule has 1 aromatic rings. The van der Waals surface area contributed by atoms with E-state index in [-0.39, 0.29) is 11.6 Å². The van der Waals surface area contributed by atoms with Crippen molar-refractivity contribution in [1.29, 1.82) is 0 Å². The monoisotopic (exact) mass is 277 g/mol. The third-order valence-electron chi connectivity index (χ3n) is 3.31. The number of carboxylic acid groups (broad SMARTS) is 1. The summed E-state index contributed by atoms with van der Waals surface area (Å²) in [6.45, 7) is 1.92. The van der Waals surface area contributed by atoms with E-state index in [4.69, 9.17) is 5.11 Å². The highest BCUT2D eigenvalue weighted by molar-refractivity contribution is 5.96. The van der Waals surface area contributed by atoms with Gasteiger partial charge in [0, 0.05) is 25.3 Å². The van der Waals surface area contributed by atoms with Crippen LogP contribution in [0.25, 0.3) is 0 Å². The Hall–Kier alpha value is -2.08. The van der Waals surface area contributed by atoms with Gasteiger partial charge in [-0.05, 0) is 38.2 Å². The van der Waals surface area contributed by atoms with Gasteiger partial charge in [0.1, 0.15) is 0 Å². The second-order valence-corrected chi connectivity index (χ2v) is 5.09. The van der Waals surface area contributed by atoms with Crippen molar-refractivity contribution < 1.29 is 14.7 Å². The van der Waals surface area contributed by atoms with E-state index in [9.17, 15) is 9.59 Å². The van der Waals surface area contributed by atoms with Crippen LogP contribution in [0.4, 0.5) is 10.5 Å². The summed E-state index contributed by atoms with van der Waals surface area (Å²) in [6, 6.07) is 4.75. The van der Waals surface area contributed by atoms with Gasteiger partial charge >= 0.3 is 12.0 Å². The fourth-order valence-electron chi connectivity index (χ4n) is 2.21. The van der Waals surface area contributed by atoms with Crippen LogP contribution in [0.1, 0.15) is 15.9 Å². The molecule has 0 atom stereocenters. The summed E-state index contributed by atoms with van der Waals surface area (Å²) in [6.07, 6.45) is 0.760. The Morgan fingerprint density at radius 2 is 2.15 bits per heavy atom. The van der Waals surface area contributed by atoms with Crippen molar-refractivity contribution in [2.45, 2.75) is 6.42 Å². The molecule has 1 heterocycles. The fraction of sp³-hybridized carbons (Fsp3) is 0.429. The number of hydrogen-bond donors (Lipinski definition) is 2. The normalized spacial score (nSPS) is 13.4. The van der Waals surface area contributed by atoms with Gasteiger partial charge in [-0.1, -0.05) is 6.07 Å². The molecule has 6 heteroatoms. The Balaban J connectivity index is 2.08. The topological polar surface area (TPSA) is 72.9 Å². The predicted octanol–water partition coefficient (Wildman–Crippen LogP) is 1.02. The molecule has 20 heavy (non-hydrogen) atoms. The first-order valence-electron chi connectivity index (χ1n) is 6.55. The lowest BCUT2D eigenvalue weighted by Crippen LogP contribution is -2.41. The molecule has 1 aliphatic rings. The summed E-state index contributed by atoms with van der Waals surface area (Å²) in [4.78, 5) is 26.7. The number of carboxylic acids is 1. The quantitative estimate of drug-likeness (QED) is 0.862. The summed E-state index contributed by atoms with van der Waals surface area (Å²) in [5.74, 6) is -0.979. The van der Waals surface area contributed by atoms with Crippen molar-refractivity contribution in [1.82, 2.24) is 10.2 Å². The number of carbonyl (C=O) groups is 2. The zero-order valence-corrected chi connectivity index (χ0v) is 11.7. The second-order valence-electron chi connectivity index (χ2n) is 5.09. The lowest BCUT2D eigenvalue weighted by Gasteiger charge is -2.19. The van der Waals surface area contributed by atoms with Gasteiger partial charge in [0.2, 0.25) is 0 Å². The molecule has 2 N–H and O–H groups in total. The van der Waals surface area contributed by atoms with E-state index in [0.29, 0.717) is 18.8 Å². The van der Waals surface area contributed by atoms with Crippen LogP contribution in [0, 0.1) is 0 Å². The van der Waals surface area contributed by atoms with Crippen molar-refractivity contribution in [2.75, 3.05) is 38.6 Å². The lowest BCUT2D eigenvalue weighted by molar-refractivity contribution is 0.0697. The molecule has 0 bridgehead atoms. The first kappa shape index (κ1) is 14.3. The number of amides is 2. The molecule has 0 saturated heterocycles. The number of nitrogens with one attached hydrogen (secondary N) is 1.